The van der Waals surface area contributed by atoms with Gasteiger partial charge in [-0.15, -0.1) is 0 Å². The highest BCUT2D eigenvalue weighted by atomic mass is 79.9. The summed E-state index contributed by atoms with van der Waals surface area (Å²) in [4.78, 5) is 12.0. The number of methoxy groups -OCH3 is 1. The number of sulfonamides is 1. The van der Waals surface area contributed by atoms with Gasteiger partial charge >= 0.3 is 0 Å². The van der Waals surface area contributed by atoms with Crippen LogP contribution in [0.15, 0.2) is 27.6 Å². The van der Waals surface area contributed by atoms with E-state index >= 15 is 0 Å². The molecule has 0 bridgehead atoms. The predicted molar refractivity (Wildman–Crippen MR) is 76.8 cm³/mol. The third-order valence-corrected chi connectivity index (χ3v) is 4.88. The summed E-state index contributed by atoms with van der Waals surface area (Å²) in [7, 11) is -2.20. The quantitative estimate of drug-likeness (QED) is 0.834. The molecule has 0 saturated heterocycles. The summed E-state index contributed by atoms with van der Waals surface area (Å²) in [6, 6.07) is 4.16. The summed E-state index contributed by atoms with van der Waals surface area (Å²) in [5.74, 6) is -0.332. The molecule has 110 valence electrons. The molecule has 0 atom stereocenters. The van der Waals surface area contributed by atoms with Gasteiger partial charge in [0.25, 0.3) is 5.91 Å². The van der Waals surface area contributed by atoms with Crippen LogP contribution in [0.3, 0.4) is 0 Å². The first-order valence-electron chi connectivity index (χ1n) is 5.97. The second-order valence-corrected chi connectivity index (χ2v) is 7.10. The molecule has 0 aliphatic heterocycles. The average molecular weight is 363 g/mol. The molecular weight excluding hydrogens is 348 g/mol. The first-order valence-corrected chi connectivity index (χ1v) is 8.31. The van der Waals surface area contributed by atoms with E-state index in [9.17, 15) is 13.2 Å². The van der Waals surface area contributed by atoms with Crippen molar-refractivity contribution in [3.05, 3.63) is 28.2 Å². The summed E-state index contributed by atoms with van der Waals surface area (Å²) < 4.78 is 28.3. The molecule has 0 radical (unpaired) electrons. The molecule has 1 aliphatic carbocycles. The van der Waals surface area contributed by atoms with E-state index in [-0.39, 0.29) is 28.5 Å². The molecule has 3 N–H and O–H groups in total. The minimum absolute atomic E-state index is 0.0532. The van der Waals surface area contributed by atoms with Gasteiger partial charge < -0.3 is 10.1 Å². The summed E-state index contributed by atoms with van der Waals surface area (Å²) in [6.07, 6.45) is 1.70. The van der Waals surface area contributed by atoms with Gasteiger partial charge in [-0.3, -0.25) is 4.79 Å². The highest BCUT2D eigenvalue weighted by molar-refractivity contribution is 9.10. The second kappa shape index (κ2) is 5.80. The Bertz CT molecular complexity index is 626. The van der Waals surface area contributed by atoms with Gasteiger partial charge in [0.2, 0.25) is 10.0 Å². The number of nitrogens with two attached hydrogens (primary N) is 1. The monoisotopic (exact) mass is 362 g/mol. The largest absolute Gasteiger partial charge is 0.381 e. The van der Waals surface area contributed by atoms with Crippen LogP contribution in [0.2, 0.25) is 0 Å². The van der Waals surface area contributed by atoms with Crippen molar-refractivity contribution < 1.29 is 17.9 Å². The van der Waals surface area contributed by atoms with Crippen molar-refractivity contribution in [3.63, 3.8) is 0 Å². The van der Waals surface area contributed by atoms with Crippen LogP contribution in [-0.2, 0) is 14.8 Å². The van der Waals surface area contributed by atoms with Crippen LogP contribution >= 0.6 is 15.9 Å². The summed E-state index contributed by atoms with van der Waals surface area (Å²) in [5, 5.41) is 7.89. The smallest absolute Gasteiger partial charge is 0.252 e. The number of hydrogen-bond acceptors (Lipinski definition) is 4. The van der Waals surface area contributed by atoms with Crippen molar-refractivity contribution in [1.29, 1.82) is 0 Å². The Hall–Kier alpha value is -0.960. The van der Waals surface area contributed by atoms with E-state index in [1.165, 1.54) is 18.2 Å². The number of rotatable bonds is 4. The maximum atomic E-state index is 12.1. The van der Waals surface area contributed by atoms with Gasteiger partial charge in [0.1, 0.15) is 0 Å². The number of halogens is 1. The third-order valence-electron chi connectivity index (χ3n) is 3.27. The van der Waals surface area contributed by atoms with Gasteiger partial charge in [0.05, 0.1) is 16.6 Å². The number of carbonyl (C=O) groups is 1. The minimum atomic E-state index is -3.83. The number of ether oxygens (including phenoxy) is 1. The zero-order valence-corrected chi connectivity index (χ0v) is 13.2. The standard InChI is InChI=1S/C12H15BrN2O4S/c1-19-8-4-7(5-8)15-12(16)10-6-9(20(14,17)18)2-3-11(10)13/h2-3,6-8H,4-5H2,1H3,(H,15,16)(H2,14,17,18). The molecular formula is C12H15BrN2O4S. The van der Waals surface area contributed by atoms with Crippen LogP contribution in [0.5, 0.6) is 0 Å². The van der Waals surface area contributed by atoms with Gasteiger partial charge in [-0.05, 0) is 47.0 Å². The van der Waals surface area contributed by atoms with Crippen molar-refractivity contribution in [1.82, 2.24) is 5.32 Å². The molecule has 0 heterocycles. The van der Waals surface area contributed by atoms with Gasteiger partial charge in [0, 0.05) is 17.6 Å². The predicted octanol–water partition coefficient (Wildman–Crippen LogP) is 1.00. The van der Waals surface area contributed by atoms with E-state index in [0.717, 1.165) is 12.8 Å². The Morgan fingerprint density at radius 1 is 1.45 bits per heavy atom. The second-order valence-electron chi connectivity index (χ2n) is 4.69. The van der Waals surface area contributed by atoms with Crippen LogP contribution in [0.4, 0.5) is 0 Å². The third kappa shape index (κ3) is 3.38. The molecule has 2 rings (SSSR count). The van der Waals surface area contributed by atoms with Crippen LogP contribution in [0.25, 0.3) is 0 Å². The first-order chi connectivity index (χ1) is 9.31. The zero-order chi connectivity index (χ0) is 14.9. The van der Waals surface area contributed by atoms with Gasteiger partial charge in [-0.2, -0.15) is 0 Å². The lowest BCUT2D eigenvalue weighted by Crippen LogP contribution is -2.47. The Balaban J connectivity index is 2.14. The van der Waals surface area contributed by atoms with Crippen LogP contribution in [-0.4, -0.2) is 33.6 Å². The highest BCUT2D eigenvalue weighted by Gasteiger charge is 2.30. The van der Waals surface area contributed by atoms with Crippen LogP contribution < -0.4 is 10.5 Å². The topological polar surface area (TPSA) is 98.5 Å². The first kappa shape index (κ1) is 15.4. The molecule has 1 aromatic carbocycles. The van der Waals surface area contributed by atoms with Gasteiger partial charge in [-0.1, -0.05) is 0 Å². The molecule has 1 amide bonds. The van der Waals surface area contributed by atoms with Gasteiger partial charge in [-0.25, -0.2) is 13.6 Å². The highest BCUT2D eigenvalue weighted by Crippen LogP contribution is 2.25. The molecule has 1 fully saturated rings. The molecule has 1 saturated carbocycles. The maximum absolute atomic E-state index is 12.1. The number of hydrogen-bond donors (Lipinski definition) is 2. The Kier molecular flexibility index (Phi) is 4.48. The number of amides is 1. The molecule has 0 unspecified atom stereocenters. The zero-order valence-electron chi connectivity index (χ0n) is 10.8. The van der Waals surface area contributed by atoms with E-state index in [1.54, 1.807) is 7.11 Å². The molecule has 8 heteroatoms. The van der Waals surface area contributed by atoms with Crippen molar-refractivity contribution in [3.8, 4) is 0 Å². The Labute approximate surface area is 125 Å². The van der Waals surface area contributed by atoms with Crippen molar-refractivity contribution in [2.24, 2.45) is 5.14 Å². The lowest BCUT2D eigenvalue weighted by molar-refractivity contribution is 0.0176. The fourth-order valence-electron chi connectivity index (χ4n) is 1.99. The molecule has 20 heavy (non-hydrogen) atoms. The van der Waals surface area contributed by atoms with E-state index < -0.39 is 10.0 Å². The molecule has 6 nitrogen and oxygen atoms in total. The molecule has 1 aromatic rings. The Morgan fingerprint density at radius 3 is 2.65 bits per heavy atom. The lowest BCUT2D eigenvalue weighted by Gasteiger charge is -2.34. The summed E-state index contributed by atoms with van der Waals surface area (Å²) in [5.41, 5.74) is 0.248. The van der Waals surface area contributed by atoms with Crippen molar-refractivity contribution >= 4 is 31.9 Å². The number of primary sulfonamides is 1. The van der Waals surface area contributed by atoms with E-state index in [2.05, 4.69) is 21.2 Å². The van der Waals surface area contributed by atoms with Crippen LogP contribution in [0, 0.1) is 0 Å². The molecule has 0 spiro atoms. The average Bonchev–Trinajstić information content (AvgIpc) is 2.31. The Morgan fingerprint density at radius 2 is 2.10 bits per heavy atom. The van der Waals surface area contributed by atoms with Gasteiger partial charge in [0.15, 0.2) is 0 Å². The normalized spacial score (nSPS) is 22.1. The number of nitrogens with one attached hydrogen (secondary N) is 1. The molecule has 1 aliphatic rings. The van der Waals surface area contributed by atoms with E-state index in [1.807, 2.05) is 0 Å². The summed E-state index contributed by atoms with van der Waals surface area (Å²) >= 11 is 3.23. The number of benzene rings is 1. The fraction of sp³-hybridized carbons (Fsp3) is 0.417. The summed E-state index contributed by atoms with van der Waals surface area (Å²) in [6.45, 7) is 0. The lowest BCUT2D eigenvalue weighted by atomic mass is 9.89. The van der Waals surface area contributed by atoms with E-state index in [4.69, 9.17) is 9.88 Å². The SMILES string of the molecule is COC1CC(NC(=O)c2cc(S(N)(=O)=O)ccc2Br)C1. The van der Waals surface area contributed by atoms with E-state index in [0.29, 0.717) is 4.47 Å². The van der Waals surface area contributed by atoms with Crippen molar-refractivity contribution in [2.45, 2.75) is 29.9 Å². The minimum Gasteiger partial charge on any atom is -0.381 e. The number of carbonyl (C=O) groups excluding carboxylic acids is 1. The van der Waals surface area contributed by atoms with Crippen molar-refractivity contribution in [2.75, 3.05) is 7.11 Å². The maximum Gasteiger partial charge on any atom is 0.252 e. The van der Waals surface area contributed by atoms with Crippen LogP contribution in [0.1, 0.15) is 23.2 Å². The molecule has 0 aromatic heterocycles. The fourth-order valence-corrected chi connectivity index (χ4v) is 2.96.